The van der Waals surface area contributed by atoms with E-state index in [0.717, 1.165) is 35.1 Å². The second kappa shape index (κ2) is 13.6. The Balaban J connectivity index is 1.40. The van der Waals surface area contributed by atoms with Crippen LogP contribution < -0.4 is 5.32 Å². The van der Waals surface area contributed by atoms with Gasteiger partial charge in [0.2, 0.25) is 12.2 Å². The molecule has 1 saturated carbocycles. The van der Waals surface area contributed by atoms with Crippen molar-refractivity contribution in [2.75, 3.05) is 6.54 Å². The van der Waals surface area contributed by atoms with Crippen LogP contribution in [0.1, 0.15) is 40.8 Å². The van der Waals surface area contributed by atoms with Crippen molar-refractivity contribution < 1.29 is 14.4 Å². The smallest absolute Gasteiger partial charge is 0.289 e. The number of imidazole rings is 1. The fourth-order valence-corrected chi connectivity index (χ4v) is 6.01. The quantitative estimate of drug-likeness (QED) is 0.106. The standard InChI is InChI=1S/C38H36N4O3/c43-28-41(25-30-13-5-1-6-14-30)35(36(44)37(45)39-24-29-21-22-29)23-34-26-42(27-40-34)38(31-15-7-2-8-16-31,32-17-9-3-10-18-32)33-19-11-4-12-20-33/h1-20,26-29,35H,21-25H2,(H,39,45). The Morgan fingerprint density at radius 2 is 1.33 bits per heavy atom. The predicted molar refractivity (Wildman–Crippen MR) is 173 cm³/mol. The van der Waals surface area contributed by atoms with Gasteiger partial charge < -0.3 is 14.8 Å². The molecule has 45 heavy (non-hydrogen) atoms. The van der Waals surface area contributed by atoms with Crippen molar-refractivity contribution in [3.63, 3.8) is 0 Å². The number of amides is 2. The minimum Gasteiger partial charge on any atom is -0.349 e. The van der Waals surface area contributed by atoms with Gasteiger partial charge in [0.25, 0.3) is 5.91 Å². The van der Waals surface area contributed by atoms with Crippen LogP contribution in [0, 0.1) is 5.92 Å². The topological polar surface area (TPSA) is 84.3 Å². The zero-order valence-electron chi connectivity index (χ0n) is 25.0. The first-order valence-electron chi connectivity index (χ1n) is 15.4. The number of aromatic nitrogens is 2. The summed E-state index contributed by atoms with van der Waals surface area (Å²) < 4.78 is 2.07. The van der Waals surface area contributed by atoms with E-state index >= 15 is 0 Å². The van der Waals surface area contributed by atoms with Crippen LogP contribution in [0.2, 0.25) is 0 Å². The van der Waals surface area contributed by atoms with Crippen LogP contribution in [-0.2, 0) is 32.9 Å². The van der Waals surface area contributed by atoms with E-state index in [4.69, 9.17) is 4.98 Å². The summed E-state index contributed by atoms with van der Waals surface area (Å²) in [5, 5.41) is 2.79. The van der Waals surface area contributed by atoms with Gasteiger partial charge in [-0.15, -0.1) is 0 Å². The lowest BCUT2D eigenvalue weighted by Crippen LogP contribution is -2.48. The summed E-state index contributed by atoms with van der Waals surface area (Å²) in [7, 11) is 0. The average molecular weight is 597 g/mol. The van der Waals surface area contributed by atoms with Crippen molar-refractivity contribution in [2.45, 2.75) is 37.4 Å². The molecule has 0 aliphatic heterocycles. The first-order chi connectivity index (χ1) is 22.1. The van der Waals surface area contributed by atoms with Gasteiger partial charge in [-0.05, 0) is 41.0 Å². The number of nitrogens with one attached hydrogen (secondary N) is 1. The molecular formula is C38H36N4O3. The van der Waals surface area contributed by atoms with Crippen LogP contribution in [0.5, 0.6) is 0 Å². The largest absolute Gasteiger partial charge is 0.349 e. The zero-order valence-corrected chi connectivity index (χ0v) is 25.0. The summed E-state index contributed by atoms with van der Waals surface area (Å²) >= 11 is 0. The van der Waals surface area contributed by atoms with Crippen LogP contribution >= 0.6 is 0 Å². The molecule has 0 spiro atoms. The van der Waals surface area contributed by atoms with Crippen LogP contribution in [-0.4, -0.2) is 45.1 Å². The van der Waals surface area contributed by atoms with Gasteiger partial charge in [0.15, 0.2) is 0 Å². The monoisotopic (exact) mass is 596 g/mol. The van der Waals surface area contributed by atoms with Gasteiger partial charge in [-0.2, -0.15) is 0 Å². The minimum absolute atomic E-state index is 0.0860. The van der Waals surface area contributed by atoms with Crippen molar-refractivity contribution in [1.29, 1.82) is 0 Å². The van der Waals surface area contributed by atoms with Crippen LogP contribution in [0.25, 0.3) is 0 Å². The first kappa shape index (κ1) is 29.8. The van der Waals surface area contributed by atoms with Crippen LogP contribution in [0.4, 0.5) is 0 Å². The van der Waals surface area contributed by atoms with Crippen molar-refractivity contribution in [3.05, 3.63) is 162 Å². The number of carbonyl (C=O) groups excluding carboxylic acids is 3. The number of rotatable bonds is 14. The number of Topliss-reactive ketones (excluding diaryl/α,β-unsaturated/α-hetero) is 1. The summed E-state index contributed by atoms with van der Waals surface area (Å²) in [6, 6.07) is 39.2. The summed E-state index contributed by atoms with van der Waals surface area (Å²) in [5.41, 5.74) is 3.80. The SMILES string of the molecule is O=CN(Cc1ccccc1)C(Cc1cn(C(c2ccccc2)(c2ccccc2)c2ccccc2)cn1)C(=O)C(=O)NCC1CC1. The van der Waals surface area contributed by atoms with Crippen molar-refractivity contribution in [1.82, 2.24) is 19.8 Å². The number of ketones is 1. The molecule has 1 aliphatic carbocycles. The third-order valence-corrected chi connectivity index (χ3v) is 8.52. The molecule has 226 valence electrons. The molecule has 1 atom stereocenters. The second-order valence-corrected chi connectivity index (χ2v) is 11.6. The number of nitrogens with zero attached hydrogens (tertiary/aromatic N) is 3. The Labute approximate surface area is 263 Å². The molecule has 1 fully saturated rings. The molecule has 1 unspecified atom stereocenters. The van der Waals surface area contributed by atoms with E-state index in [-0.39, 0.29) is 13.0 Å². The fraction of sp³-hybridized carbons (Fsp3) is 0.211. The second-order valence-electron chi connectivity index (χ2n) is 11.6. The molecule has 7 nitrogen and oxygen atoms in total. The maximum atomic E-state index is 13.7. The Morgan fingerprint density at radius 3 is 1.82 bits per heavy atom. The number of benzene rings is 4. The van der Waals surface area contributed by atoms with Crippen molar-refractivity contribution in [3.8, 4) is 0 Å². The molecule has 0 bridgehead atoms. The lowest BCUT2D eigenvalue weighted by Gasteiger charge is -2.37. The average Bonchev–Trinajstić information content (AvgIpc) is 3.82. The van der Waals surface area contributed by atoms with Gasteiger partial charge in [0, 0.05) is 25.7 Å². The molecule has 2 amide bonds. The molecule has 7 heteroatoms. The summed E-state index contributed by atoms with van der Waals surface area (Å²) in [4.78, 5) is 45.4. The third-order valence-electron chi connectivity index (χ3n) is 8.52. The Kier molecular flexibility index (Phi) is 8.96. The highest BCUT2D eigenvalue weighted by atomic mass is 16.2. The molecular weight excluding hydrogens is 560 g/mol. The third kappa shape index (κ3) is 6.48. The van der Waals surface area contributed by atoms with Crippen molar-refractivity contribution in [2.24, 2.45) is 5.92 Å². The summed E-state index contributed by atoms with van der Waals surface area (Å²) in [6.45, 7) is 0.665. The van der Waals surface area contributed by atoms with Gasteiger partial charge in [-0.3, -0.25) is 14.4 Å². The van der Waals surface area contributed by atoms with Crippen molar-refractivity contribution >= 4 is 18.1 Å². The minimum atomic E-state index is -1.02. The maximum Gasteiger partial charge on any atom is 0.289 e. The summed E-state index contributed by atoms with van der Waals surface area (Å²) in [5.74, 6) is -0.892. The molecule has 5 aromatic rings. The molecule has 0 radical (unpaired) electrons. The molecule has 4 aromatic carbocycles. The molecule has 1 aromatic heterocycles. The van der Waals surface area contributed by atoms with Gasteiger partial charge in [0.1, 0.15) is 11.6 Å². The van der Waals surface area contributed by atoms with E-state index in [1.165, 1.54) is 4.90 Å². The Bertz CT molecular complexity index is 1620. The van der Waals surface area contributed by atoms with E-state index in [2.05, 4.69) is 46.3 Å². The van der Waals surface area contributed by atoms with E-state index in [0.29, 0.717) is 24.6 Å². The van der Waals surface area contributed by atoms with Crippen LogP contribution in [0.15, 0.2) is 134 Å². The maximum absolute atomic E-state index is 13.7. The number of carbonyl (C=O) groups is 3. The van der Waals surface area contributed by atoms with Crippen LogP contribution in [0.3, 0.4) is 0 Å². The van der Waals surface area contributed by atoms with Gasteiger partial charge in [0.05, 0.1) is 12.0 Å². The van der Waals surface area contributed by atoms with Gasteiger partial charge in [-0.1, -0.05) is 121 Å². The molecule has 1 N–H and O–H groups in total. The molecule has 6 rings (SSSR count). The predicted octanol–water partition coefficient (Wildman–Crippen LogP) is 5.39. The van der Waals surface area contributed by atoms with Gasteiger partial charge in [-0.25, -0.2) is 4.98 Å². The van der Waals surface area contributed by atoms with E-state index in [1.807, 2.05) is 91.1 Å². The number of hydrogen-bond donors (Lipinski definition) is 1. The van der Waals surface area contributed by atoms with E-state index < -0.39 is 23.3 Å². The molecule has 0 saturated heterocycles. The molecule has 1 aliphatic rings. The highest BCUT2D eigenvalue weighted by Gasteiger charge is 2.39. The van der Waals surface area contributed by atoms with Gasteiger partial charge >= 0.3 is 0 Å². The highest BCUT2D eigenvalue weighted by Crippen LogP contribution is 2.40. The van der Waals surface area contributed by atoms with E-state index in [1.54, 1.807) is 6.33 Å². The fourth-order valence-electron chi connectivity index (χ4n) is 6.01. The summed E-state index contributed by atoms with van der Waals surface area (Å²) in [6.07, 6.45) is 6.55. The Morgan fingerprint density at radius 1 is 0.822 bits per heavy atom. The lowest BCUT2D eigenvalue weighted by atomic mass is 9.77. The number of hydrogen-bond acceptors (Lipinski definition) is 4. The van der Waals surface area contributed by atoms with E-state index in [9.17, 15) is 14.4 Å². The molecule has 1 heterocycles. The first-order valence-corrected chi connectivity index (χ1v) is 15.4. The highest BCUT2D eigenvalue weighted by molar-refractivity contribution is 6.38. The zero-order chi connectivity index (χ0) is 31.1. The lowest BCUT2D eigenvalue weighted by molar-refractivity contribution is -0.143. The normalized spacial score (nSPS) is 13.5. The Hall–Kier alpha value is -5.30.